The molecule has 0 radical (unpaired) electrons. The van der Waals surface area contributed by atoms with Gasteiger partial charge in [-0.05, 0) is 34.6 Å². The molecule has 0 bridgehead atoms. The van der Waals surface area contributed by atoms with Crippen LogP contribution in [0.1, 0.15) is 19.4 Å². The molecular weight excluding hydrogens is 245 g/mol. The molecule has 0 aliphatic heterocycles. The van der Waals surface area contributed by atoms with E-state index in [1.54, 1.807) is 6.07 Å². The minimum absolute atomic E-state index is 0.159. The van der Waals surface area contributed by atoms with E-state index in [0.29, 0.717) is 4.47 Å². The summed E-state index contributed by atoms with van der Waals surface area (Å²) < 4.78 is 14.3. The van der Waals surface area contributed by atoms with Crippen molar-refractivity contribution in [2.45, 2.75) is 19.3 Å². The zero-order valence-corrected chi connectivity index (χ0v) is 10.3. The maximum absolute atomic E-state index is 13.7. The van der Waals surface area contributed by atoms with Crippen LogP contribution in [0.3, 0.4) is 0 Å². The van der Waals surface area contributed by atoms with Crippen LogP contribution in [0.5, 0.6) is 0 Å². The molecule has 0 spiro atoms. The topological polar surface area (TPSA) is 12.0 Å². The number of hydrogen-bond acceptors (Lipinski definition) is 1. The molecule has 0 heterocycles. The smallest absolute Gasteiger partial charge is 0.141 e. The molecule has 0 saturated heterocycles. The lowest BCUT2D eigenvalue weighted by Crippen LogP contribution is -2.31. The second kappa shape index (κ2) is 4.41. The number of nitrogens with one attached hydrogen (secondary N) is 1. The average molecular weight is 260 g/mol. The highest BCUT2D eigenvalue weighted by Gasteiger charge is 2.24. The summed E-state index contributed by atoms with van der Waals surface area (Å²) in [6, 6.07) is 5.41. The standard InChI is InChI=1S/C11H15BrFN/c1-11(2,7-14-3)8-5-4-6-9(12)10(8)13/h4-6,14H,7H2,1-3H3. The van der Waals surface area contributed by atoms with E-state index in [2.05, 4.69) is 21.2 Å². The van der Waals surface area contributed by atoms with E-state index >= 15 is 0 Å². The zero-order valence-electron chi connectivity index (χ0n) is 8.70. The molecule has 1 nitrogen and oxygen atoms in total. The second-order valence-electron chi connectivity index (χ2n) is 4.02. The Hall–Kier alpha value is -0.410. The highest BCUT2D eigenvalue weighted by Crippen LogP contribution is 2.28. The number of likely N-dealkylation sites (N-methyl/N-ethyl adjacent to an activating group) is 1. The fraction of sp³-hybridized carbons (Fsp3) is 0.455. The Kier molecular flexibility index (Phi) is 3.67. The van der Waals surface area contributed by atoms with Gasteiger partial charge in [0.05, 0.1) is 4.47 Å². The minimum atomic E-state index is -0.192. The Bertz CT molecular complexity index is 323. The quantitative estimate of drug-likeness (QED) is 0.880. The van der Waals surface area contributed by atoms with Gasteiger partial charge in [-0.1, -0.05) is 26.0 Å². The van der Waals surface area contributed by atoms with E-state index in [0.717, 1.165) is 12.1 Å². The van der Waals surface area contributed by atoms with Gasteiger partial charge in [-0.15, -0.1) is 0 Å². The SMILES string of the molecule is CNCC(C)(C)c1cccc(Br)c1F. The predicted molar refractivity (Wildman–Crippen MR) is 61.1 cm³/mol. The van der Waals surface area contributed by atoms with Gasteiger partial charge in [0.2, 0.25) is 0 Å². The Morgan fingerprint density at radius 1 is 1.43 bits per heavy atom. The van der Waals surface area contributed by atoms with E-state index in [1.165, 1.54) is 0 Å². The van der Waals surface area contributed by atoms with Crippen LogP contribution in [0.25, 0.3) is 0 Å². The van der Waals surface area contributed by atoms with Crippen molar-refractivity contribution < 1.29 is 4.39 Å². The average Bonchev–Trinajstić information content (AvgIpc) is 2.09. The fourth-order valence-corrected chi connectivity index (χ4v) is 1.93. The van der Waals surface area contributed by atoms with Crippen LogP contribution in [-0.2, 0) is 5.41 Å². The molecule has 1 rings (SSSR count). The molecule has 1 N–H and O–H groups in total. The van der Waals surface area contributed by atoms with Gasteiger partial charge in [0.1, 0.15) is 5.82 Å². The molecule has 0 aliphatic carbocycles. The molecule has 0 aromatic heterocycles. The molecule has 0 amide bonds. The summed E-state index contributed by atoms with van der Waals surface area (Å²) >= 11 is 3.19. The molecule has 14 heavy (non-hydrogen) atoms. The largest absolute Gasteiger partial charge is 0.319 e. The molecular formula is C11H15BrFN. The molecule has 3 heteroatoms. The second-order valence-corrected chi connectivity index (χ2v) is 4.87. The summed E-state index contributed by atoms with van der Waals surface area (Å²) in [6.45, 7) is 4.79. The van der Waals surface area contributed by atoms with Crippen LogP contribution in [0.4, 0.5) is 4.39 Å². The van der Waals surface area contributed by atoms with Gasteiger partial charge in [-0.25, -0.2) is 4.39 Å². The van der Waals surface area contributed by atoms with Crippen LogP contribution in [0.2, 0.25) is 0 Å². The van der Waals surface area contributed by atoms with Gasteiger partial charge in [-0.3, -0.25) is 0 Å². The number of halogens is 2. The summed E-state index contributed by atoms with van der Waals surface area (Å²) in [5, 5.41) is 3.07. The number of hydrogen-bond donors (Lipinski definition) is 1. The van der Waals surface area contributed by atoms with Crippen LogP contribution in [-0.4, -0.2) is 13.6 Å². The summed E-state index contributed by atoms with van der Waals surface area (Å²) in [4.78, 5) is 0. The molecule has 0 fully saturated rings. The summed E-state index contributed by atoms with van der Waals surface area (Å²) in [6.07, 6.45) is 0. The van der Waals surface area contributed by atoms with Crippen molar-refractivity contribution in [2.24, 2.45) is 0 Å². The van der Waals surface area contributed by atoms with E-state index in [1.807, 2.05) is 33.0 Å². The van der Waals surface area contributed by atoms with Crippen molar-refractivity contribution in [1.29, 1.82) is 0 Å². The number of benzene rings is 1. The van der Waals surface area contributed by atoms with Crippen molar-refractivity contribution >= 4 is 15.9 Å². The third-order valence-corrected chi connectivity index (χ3v) is 2.91. The minimum Gasteiger partial charge on any atom is -0.319 e. The lowest BCUT2D eigenvalue weighted by Gasteiger charge is -2.25. The fourth-order valence-electron chi connectivity index (χ4n) is 1.56. The first-order valence-electron chi connectivity index (χ1n) is 4.58. The number of rotatable bonds is 3. The monoisotopic (exact) mass is 259 g/mol. The van der Waals surface area contributed by atoms with Gasteiger partial charge >= 0.3 is 0 Å². The third-order valence-electron chi connectivity index (χ3n) is 2.30. The Morgan fingerprint density at radius 3 is 2.64 bits per heavy atom. The third kappa shape index (κ3) is 2.34. The van der Waals surface area contributed by atoms with Crippen molar-refractivity contribution in [2.75, 3.05) is 13.6 Å². The lowest BCUT2D eigenvalue weighted by molar-refractivity contribution is 0.461. The molecule has 0 atom stereocenters. The maximum atomic E-state index is 13.7. The van der Waals surface area contributed by atoms with Gasteiger partial charge in [0.15, 0.2) is 0 Å². The molecule has 0 aliphatic rings. The van der Waals surface area contributed by atoms with Crippen molar-refractivity contribution in [1.82, 2.24) is 5.32 Å². The molecule has 1 aromatic carbocycles. The van der Waals surface area contributed by atoms with Crippen LogP contribution in [0.15, 0.2) is 22.7 Å². The Labute approximate surface area is 92.8 Å². The predicted octanol–water partition coefficient (Wildman–Crippen LogP) is 3.09. The highest BCUT2D eigenvalue weighted by atomic mass is 79.9. The van der Waals surface area contributed by atoms with Crippen molar-refractivity contribution in [3.05, 3.63) is 34.1 Å². The van der Waals surface area contributed by atoms with E-state index in [-0.39, 0.29) is 11.2 Å². The summed E-state index contributed by atoms with van der Waals surface area (Å²) in [5.41, 5.74) is 0.545. The Balaban J connectivity index is 3.12. The van der Waals surface area contributed by atoms with Crippen LogP contribution in [0, 0.1) is 5.82 Å². The van der Waals surface area contributed by atoms with E-state index in [9.17, 15) is 4.39 Å². The first kappa shape index (κ1) is 11.7. The normalized spacial score (nSPS) is 11.8. The summed E-state index contributed by atoms with van der Waals surface area (Å²) in [7, 11) is 1.87. The highest BCUT2D eigenvalue weighted by molar-refractivity contribution is 9.10. The van der Waals surface area contributed by atoms with Gasteiger partial charge in [0.25, 0.3) is 0 Å². The van der Waals surface area contributed by atoms with Crippen molar-refractivity contribution in [3.8, 4) is 0 Å². The molecule has 1 aromatic rings. The van der Waals surface area contributed by atoms with Gasteiger partial charge < -0.3 is 5.32 Å². The van der Waals surface area contributed by atoms with Crippen LogP contribution >= 0.6 is 15.9 Å². The van der Waals surface area contributed by atoms with Gasteiger partial charge in [-0.2, -0.15) is 0 Å². The first-order chi connectivity index (χ1) is 6.49. The zero-order chi connectivity index (χ0) is 10.8. The lowest BCUT2D eigenvalue weighted by atomic mass is 9.84. The van der Waals surface area contributed by atoms with E-state index < -0.39 is 0 Å². The molecule has 78 valence electrons. The van der Waals surface area contributed by atoms with Gasteiger partial charge in [0, 0.05) is 12.0 Å². The van der Waals surface area contributed by atoms with Crippen molar-refractivity contribution in [3.63, 3.8) is 0 Å². The Morgan fingerprint density at radius 2 is 2.07 bits per heavy atom. The first-order valence-corrected chi connectivity index (χ1v) is 5.37. The maximum Gasteiger partial charge on any atom is 0.141 e. The molecule has 0 saturated carbocycles. The summed E-state index contributed by atoms with van der Waals surface area (Å²) in [5.74, 6) is -0.159. The molecule has 0 unspecified atom stereocenters. The van der Waals surface area contributed by atoms with Crippen LogP contribution < -0.4 is 5.32 Å². The van der Waals surface area contributed by atoms with E-state index in [4.69, 9.17) is 0 Å².